The highest BCUT2D eigenvalue weighted by Crippen LogP contribution is 2.38. The van der Waals surface area contributed by atoms with Crippen LogP contribution in [0.5, 0.6) is 0 Å². The van der Waals surface area contributed by atoms with Gasteiger partial charge in [0.2, 0.25) is 0 Å². The number of alkyl halides is 3. The van der Waals surface area contributed by atoms with Crippen molar-refractivity contribution in [2.45, 2.75) is 50.0 Å². The van der Waals surface area contributed by atoms with Crippen molar-refractivity contribution < 1.29 is 41.8 Å². The summed E-state index contributed by atoms with van der Waals surface area (Å²) in [7, 11) is 3.81. The minimum Gasteiger partial charge on any atom is -0.463 e. The van der Waals surface area contributed by atoms with Gasteiger partial charge in [-0.05, 0) is 62.7 Å². The summed E-state index contributed by atoms with van der Waals surface area (Å²) in [5.74, 6) is -0.794. The molecule has 3 N–H and O–H groups in total. The summed E-state index contributed by atoms with van der Waals surface area (Å²) in [5.41, 5.74) is 5.78. The van der Waals surface area contributed by atoms with Gasteiger partial charge in [0.1, 0.15) is 6.61 Å². The SMILES string of the molecule is CN(C)CCOC(=O)CN1CC(N2CCN(C(=O)[C@@H](Cc3cc(Cl)c(N)c(C(F)(F)F)c3)OC(=O)N3CCC(N4CCc5ccccc5NC4=O)CC3)CC2)C1. The number of urea groups is 1. The highest BCUT2D eigenvalue weighted by atomic mass is 35.5. The zero-order chi connectivity index (χ0) is 40.1. The van der Waals surface area contributed by atoms with Crippen molar-refractivity contribution in [3.05, 3.63) is 58.1 Å². The quantitative estimate of drug-likeness (QED) is 0.256. The average molecular weight is 807 g/mol. The van der Waals surface area contributed by atoms with Crippen molar-refractivity contribution in [1.82, 2.24) is 29.4 Å². The number of carbonyl (C=O) groups excluding carboxylic acids is 4. The number of esters is 1. The molecule has 0 radical (unpaired) electrons. The van der Waals surface area contributed by atoms with E-state index in [1.54, 1.807) is 9.80 Å². The van der Waals surface area contributed by atoms with Crippen molar-refractivity contribution in [3.8, 4) is 0 Å². The van der Waals surface area contributed by atoms with E-state index >= 15 is 0 Å². The molecule has 56 heavy (non-hydrogen) atoms. The fourth-order valence-corrected chi connectivity index (χ4v) is 7.94. The molecule has 4 amide bonds. The van der Waals surface area contributed by atoms with Crippen LogP contribution in [-0.2, 0) is 38.1 Å². The summed E-state index contributed by atoms with van der Waals surface area (Å²) in [5, 5.41) is 2.66. The lowest BCUT2D eigenvalue weighted by Crippen LogP contribution is -2.64. The van der Waals surface area contributed by atoms with Crippen LogP contribution in [0, 0.1) is 0 Å². The van der Waals surface area contributed by atoms with Gasteiger partial charge in [-0.3, -0.25) is 19.4 Å². The van der Waals surface area contributed by atoms with Gasteiger partial charge in [-0.1, -0.05) is 29.8 Å². The van der Waals surface area contributed by atoms with E-state index in [0.29, 0.717) is 78.2 Å². The first-order chi connectivity index (χ1) is 26.7. The number of nitrogens with one attached hydrogen (secondary N) is 1. The van der Waals surface area contributed by atoms with Gasteiger partial charge in [-0.25, -0.2) is 9.59 Å². The Bertz CT molecular complexity index is 1750. The summed E-state index contributed by atoms with van der Waals surface area (Å²) >= 11 is 6.12. The monoisotopic (exact) mass is 806 g/mol. The largest absolute Gasteiger partial charge is 0.463 e. The molecule has 6 rings (SSSR count). The van der Waals surface area contributed by atoms with E-state index in [-0.39, 0.29) is 60.7 Å². The maximum absolute atomic E-state index is 14.1. The molecule has 2 aromatic rings. The van der Waals surface area contributed by atoms with E-state index in [2.05, 4.69) is 10.2 Å². The van der Waals surface area contributed by atoms with E-state index < -0.39 is 35.5 Å². The summed E-state index contributed by atoms with van der Waals surface area (Å²) < 4.78 is 52.7. The normalized spacial score (nSPS) is 19.6. The Morgan fingerprint density at radius 3 is 2.36 bits per heavy atom. The van der Waals surface area contributed by atoms with Gasteiger partial charge >= 0.3 is 24.3 Å². The third kappa shape index (κ3) is 10.2. The molecule has 4 aliphatic heterocycles. The van der Waals surface area contributed by atoms with E-state index in [1.807, 2.05) is 48.2 Å². The van der Waals surface area contributed by atoms with Crippen molar-refractivity contribution in [2.24, 2.45) is 0 Å². The minimum absolute atomic E-state index is 0.0444. The number of benzene rings is 2. The molecule has 4 heterocycles. The Morgan fingerprint density at radius 2 is 1.68 bits per heavy atom. The third-order valence-corrected chi connectivity index (χ3v) is 11.3. The predicted octanol–water partition coefficient (Wildman–Crippen LogP) is 3.48. The Hall–Kier alpha value is -4.32. The number of nitrogen functional groups attached to an aromatic ring is 1. The van der Waals surface area contributed by atoms with Gasteiger partial charge in [0.25, 0.3) is 5.91 Å². The molecular weight excluding hydrogens is 757 g/mol. The van der Waals surface area contributed by atoms with Crippen LogP contribution in [0.2, 0.25) is 5.02 Å². The Labute approximate surface area is 329 Å². The summed E-state index contributed by atoms with van der Waals surface area (Å²) in [6.07, 6.45) is -5.68. The Kier molecular flexibility index (Phi) is 13.2. The topological polar surface area (TPSA) is 144 Å². The Balaban J connectivity index is 1.06. The molecular formula is C38H50ClF3N8O6. The molecule has 1 atom stereocenters. The van der Waals surface area contributed by atoms with Crippen molar-refractivity contribution in [1.29, 1.82) is 0 Å². The van der Waals surface area contributed by atoms with E-state index in [0.717, 1.165) is 17.3 Å². The molecule has 0 unspecified atom stereocenters. The summed E-state index contributed by atoms with van der Waals surface area (Å²) in [4.78, 5) is 64.0. The lowest BCUT2D eigenvalue weighted by molar-refractivity contribution is -0.148. The second-order valence-corrected chi connectivity index (χ2v) is 15.5. The number of rotatable bonds is 11. The van der Waals surface area contributed by atoms with Crippen molar-refractivity contribution in [2.75, 3.05) is 104 Å². The number of piperidine rings is 1. The number of halogens is 4. The van der Waals surface area contributed by atoms with Crippen LogP contribution in [0.3, 0.4) is 0 Å². The van der Waals surface area contributed by atoms with Crippen LogP contribution in [0.4, 0.5) is 34.1 Å². The molecule has 3 fully saturated rings. The number of amides is 4. The highest BCUT2D eigenvalue weighted by Gasteiger charge is 2.39. The number of hydrogen-bond donors (Lipinski definition) is 2. The molecule has 0 bridgehead atoms. The second kappa shape index (κ2) is 17.9. The van der Waals surface area contributed by atoms with Crippen LogP contribution in [0.15, 0.2) is 36.4 Å². The number of nitrogens with two attached hydrogens (primary N) is 1. The van der Waals surface area contributed by atoms with Crippen LogP contribution in [0.1, 0.15) is 29.5 Å². The standard InChI is InChI=1S/C38H50ClF3N8O6/c1-45(2)17-18-55-33(51)24-46-22-28(23-46)47-13-15-48(16-14-47)35(52)32(21-25-19-29(38(40,41)42)34(43)30(39)20-25)56-37(54)49-10-8-27(9-11-49)50-12-7-26-5-3-4-6-31(26)44-36(50)53/h3-6,19-20,27-28,32H,7-18,21-24,43H2,1-2H3,(H,44,53)/t32-/m1/s1. The summed E-state index contributed by atoms with van der Waals surface area (Å²) in [6, 6.07) is 9.62. The van der Waals surface area contributed by atoms with Crippen LogP contribution >= 0.6 is 11.6 Å². The molecule has 18 heteroatoms. The number of likely N-dealkylation sites (N-methyl/N-ethyl adjacent to an activating group) is 1. The Morgan fingerprint density at radius 1 is 0.982 bits per heavy atom. The average Bonchev–Trinajstić information content (AvgIpc) is 3.31. The van der Waals surface area contributed by atoms with E-state index in [4.69, 9.17) is 26.8 Å². The van der Waals surface area contributed by atoms with Gasteiger partial charge in [-0.15, -0.1) is 0 Å². The number of hydrogen-bond acceptors (Lipinski definition) is 10. The maximum atomic E-state index is 14.1. The fourth-order valence-electron chi connectivity index (χ4n) is 7.70. The molecule has 2 aromatic carbocycles. The molecule has 14 nitrogen and oxygen atoms in total. The third-order valence-electron chi connectivity index (χ3n) is 11.0. The number of ether oxygens (including phenoxy) is 2. The first-order valence-electron chi connectivity index (χ1n) is 19.0. The number of likely N-dealkylation sites (tertiary alicyclic amines) is 2. The van der Waals surface area contributed by atoms with Crippen LogP contribution in [-0.4, -0.2) is 164 Å². The van der Waals surface area contributed by atoms with E-state index in [9.17, 15) is 32.3 Å². The lowest BCUT2D eigenvalue weighted by Gasteiger charge is -2.48. The molecule has 0 aliphatic carbocycles. The van der Waals surface area contributed by atoms with Crippen LogP contribution < -0.4 is 11.1 Å². The fraction of sp³-hybridized carbons (Fsp3) is 0.579. The lowest BCUT2D eigenvalue weighted by atomic mass is 10.0. The number of nitrogens with zero attached hydrogens (tertiary/aromatic N) is 6. The smallest absolute Gasteiger partial charge is 0.418 e. The molecule has 306 valence electrons. The molecule has 0 aromatic heterocycles. The second-order valence-electron chi connectivity index (χ2n) is 15.1. The van der Waals surface area contributed by atoms with Crippen LogP contribution in [0.25, 0.3) is 0 Å². The van der Waals surface area contributed by atoms with Crippen molar-refractivity contribution >= 4 is 47.0 Å². The molecule has 0 spiro atoms. The number of piperazine rings is 1. The molecule has 0 saturated carbocycles. The van der Waals surface area contributed by atoms with Gasteiger partial charge in [0, 0.05) is 89.6 Å². The zero-order valence-electron chi connectivity index (χ0n) is 31.7. The van der Waals surface area contributed by atoms with Gasteiger partial charge < -0.3 is 40.1 Å². The maximum Gasteiger partial charge on any atom is 0.418 e. The first-order valence-corrected chi connectivity index (χ1v) is 19.4. The number of anilines is 2. The first kappa shape index (κ1) is 41.3. The summed E-state index contributed by atoms with van der Waals surface area (Å²) in [6.45, 7) is 5.31. The van der Waals surface area contributed by atoms with Crippen molar-refractivity contribution in [3.63, 3.8) is 0 Å². The van der Waals surface area contributed by atoms with Gasteiger partial charge in [0.15, 0.2) is 6.10 Å². The molecule has 4 aliphatic rings. The number of fused-ring (bicyclic) bond motifs is 1. The highest BCUT2D eigenvalue weighted by molar-refractivity contribution is 6.33. The number of carbonyl (C=O) groups is 4. The van der Waals surface area contributed by atoms with E-state index in [1.165, 1.54) is 11.0 Å². The predicted molar refractivity (Wildman–Crippen MR) is 203 cm³/mol. The minimum atomic E-state index is -4.79. The molecule has 3 saturated heterocycles. The van der Waals surface area contributed by atoms with Gasteiger partial charge in [-0.2, -0.15) is 13.2 Å². The zero-order valence-corrected chi connectivity index (χ0v) is 32.5. The van der Waals surface area contributed by atoms with Gasteiger partial charge in [0.05, 0.1) is 22.8 Å². The number of para-hydroxylation sites is 1.